The molecule has 40 heavy (non-hydrogen) atoms. The molecule has 1 aromatic carbocycles. The second-order valence-electron chi connectivity index (χ2n) is 9.23. The summed E-state index contributed by atoms with van der Waals surface area (Å²) in [4.78, 5) is 59.9. The first-order valence-electron chi connectivity index (χ1n) is 12.8. The Bertz CT molecular complexity index is 1750. The molecule has 0 saturated carbocycles. The van der Waals surface area contributed by atoms with Crippen molar-refractivity contribution in [1.82, 2.24) is 14.0 Å². The highest BCUT2D eigenvalue weighted by Crippen LogP contribution is 2.22. The molecule has 12 nitrogen and oxygen atoms in total. The molecule has 0 unspecified atom stereocenters. The molecule has 4 aromatic rings. The van der Waals surface area contributed by atoms with Gasteiger partial charge in [0, 0.05) is 31.0 Å². The van der Waals surface area contributed by atoms with Crippen LogP contribution in [-0.4, -0.2) is 50.1 Å². The van der Waals surface area contributed by atoms with Gasteiger partial charge in [0.2, 0.25) is 0 Å². The van der Waals surface area contributed by atoms with Crippen LogP contribution in [0.25, 0.3) is 16.7 Å². The predicted molar refractivity (Wildman–Crippen MR) is 146 cm³/mol. The summed E-state index contributed by atoms with van der Waals surface area (Å²) < 4.78 is 13.8. The van der Waals surface area contributed by atoms with E-state index < -0.39 is 22.4 Å². The molecular formula is C28H29N5O7. The number of aromatic nitrogens is 3. The number of fused-ring (bicyclic) bond motifs is 2. The number of carbonyl (C=O) groups is 2. The number of esters is 1. The van der Waals surface area contributed by atoms with E-state index in [2.05, 4.69) is 9.98 Å². The number of amides is 1. The van der Waals surface area contributed by atoms with Gasteiger partial charge in [0.25, 0.3) is 17.2 Å². The molecule has 0 bridgehead atoms. The molecule has 0 aliphatic rings. The number of ether oxygens (including phenoxy) is 2. The number of aryl methyl sites for hydroxylation is 1. The summed E-state index contributed by atoms with van der Waals surface area (Å²) in [6.45, 7) is 7.50. The maximum Gasteiger partial charge on any atom is 0.341 e. The number of hydrogen-bond donors (Lipinski definition) is 0. The molecule has 4 rings (SSSR count). The van der Waals surface area contributed by atoms with E-state index in [1.807, 2.05) is 13.8 Å². The second kappa shape index (κ2) is 12.0. The molecule has 3 heterocycles. The highest BCUT2D eigenvalue weighted by molar-refractivity contribution is 5.98. The average Bonchev–Trinajstić information content (AvgIpc) is 2.91. The van der Waals surface area contributed by atoms with Gasteiger partial charge in [0.1, 0.15) is 16.9 Å². The number of hydrogen-bond acceptors (Lipinski definition) is 8. The molecule has 0 N–H and O–H groups in total. The Kier molecular flexibility index (Phi) is 8.49. The normalized spacial score (nSPS) is 11.9. The van der Waals surface area contributed by atoms with Crippen molar-refractivity contribution in [1.29, 1.82) is 0 Å². The van der Waals surface area contributed by atoms with E-state index in [0.29, 0.717) is 18.7 Å². The third kappa shape index (κ3) is 5.66. The first-order chi connectivity index (χ1) is 19.1. The van der Waals surface area contributed by atoms with Crippen molar-refractivity contribution >= 4 is 34.2 Å². The summed E-state index contributed by atoms with van der Waals surface area (Å²) in [5.41, 5.74) is -0.0944. The number of benzene rings is 1. The standard InChI is InChI=1S/C28H29N5O7/c1-5-39-28(36)21-16-20-24(29-23-12-6-7-13-31(23)27(20)35)32(14-9-15-40-17(2)3)25(21)30-26(34)19-10-8-11-22(18(19)4)33(37)38/h6-8,10-13,16-17H,5,9,14-15H2,1-4H3. The fourth-order valence-electron chi connectivity index (χ4n) is 4.32. The third-order valence-electron chi connectivity index (χ3n) is 6.20. The van der Waals surface area contributed by atoms with E-state index in [1.165, 1.54) is 40.2 Å². The maximum absolute atomic E-state index is 13.5. The van der Waals surface area contributed by atoms with Gasteiger partial charge in [0.15, 0.2) is 5.49 Å². The lowest BCUT2D eigenvalue weighted by Gasteiger charge is -2.16. The molecule has 208 valence electrons. The Morgan fingerprint density at radius 2 is 1.93 bits per heavy atom. The SMILES string of the molecule is CCOC(=O)c1cc2c(=O)n3ccccc3nc2n(CCCOC(C)C)c1=NC(=O)c1cccc([N+](=O)[O-])c1C. The number of nitro groups is 1. The molecule has 0 radical (unpaired) electrons. The van der Waals surface area contributed by atoms with Crippen molar-refractivity contribution < 1.29 is 24.0 Å². The molecule has 12 heteroatoms. The topological polar surface area (TPSA) is 147 Å². The zero-order chi connectivity index (χ0) is 29.0. The van der Waals surface area contributed by atoms with Gasteiger partial charge in [-0.1, -0.05) is 12.1 Å². The number of nitro benzene ring substituents is 1. The zero-order valence-corrected chi connectivity index (χ0v) is 22.6. The third-order valence-corrected chi connectivity index (χ3v) is 6.20. The smallest absolute Gasteiger partial charge is 0.341 e. The zero-order valence-electron chi connectivity index (χ0n) is 22.6. The minimum Gasteiger partial charge on any atom is -0.462 e. The minimum atomic E-state index is -0.796. The molecular weight excluding hydrogens is 518 g/mol. The van der Waals surface area contributed by atoms with Crippen LogP contribution in [0, 0.1) is 17.0 Å². The molecule has 1 amide bonds. The lowest BCUT2D eigenvalue weighted by atomic mass is 10.1. The van der Waals surface area contributed by atoms with E-state index >= 15 is 0 Å². The summed E-state index contributed by atoms with van der Waals surface area (Å²) >= 11 is 0. The maximum atomic E-state index is 13.5. The Labute approximate surface area is 228 Å². The van der Waals surface area contributed by atoms with Crippen LogP contribution in [0.1, 0.15) is 53.5 Å². The van der Waals surface area contributed by atoms with Gasteiger partial charge in [0.05, 0.1) is 28.6 Å². The minimum absolute atomic E-state index is 0.00494. The number of rotatable bonds is 9. The van der Waals surface area contributed by atoms with Gasteiger partial charge in [-0.25, -0.2) is 9.78 Å². The van der Waals surface area contributed by atoms with Crippen LogP contribution >= 0.6 is 0 Å². The number of carbonyl (C=O) groups excluding carboxylic acids is 2. The Morgan fingerprint density at radius 1 is 1.15 bits per heavy atom. The van der Waals surface area contributed by atoms with Crippen molar-refractivity contribution in [2.45, 2.75) is 46.8 Å². The number of nitrogens with zero attached hydrogens (tertiary/aromatic N) is 5. The Hall–Kier alpha value is -4.71. The van der Waals surface area contributed by atoms with Crippen molar-refractivity contribution in [3.8, 4) is 0 Å². The largest absolute Gasteiger partial charge is 0.462 e. The first-order valence-corrected chi connectivity index (χ1v) is 12.8. The highest BCUT2D eigenvalue weighted by Gasteiger charge is 2.22. The second-order valence-corrected chi connectivity index (χ2v) is 9.23. The van der Waals surface area contributed by atoms with Gasteiger partial charge < -0.3 is 14.0 Å². The van der Waals surface area contributed by atoms with E-state index in [0.717, 1.165) is 0 Å². The van der Waals surface area contributed by atoms with Crippen LogP contribution in [-0.2, 0) is 16.0 Å². The van der Waals surface area contributed by atoms with Crippen molar-refractivity contribution in [3.05, 3.63) is 91.3 Å². The van der Waals surface area contributed by atoms with Gasteiger partial charge in [-0.3, -0.25) is 24.1 Å². The van der Waals surface area contributed by atoms with Crippen LogP contribution in [0.3, 0.4) is 0 Å². The van der Waals surface area contributed by atoms with E-state index in [4.69, 9.17) is 9.47 Å². The molecule has 0 fully saturated rings. The summed E-state index contributed by atoms with van der Waals surface area (Å²) in [5, 5.41) is 11.6. The first kappa shape index (κ1) is 28.3. The van der Waals surface area contributed by atoms with Crippen molar-refractivity contribution in [3.63, 3.8) is 0 Å². The van der Waals surface area contributed by atoms with Gasteiger partial charge in [-0.2, -0.15) is 4.99 Å². The van der Waals surface area contributed by atoms with Crippen molar-refractivity contribution in [2.75, 3.05) is 13.2 Å². The van der Waals surface area contributed by atoms with Crippen LogP contribution < -0.4 is 11.0 Å². The van der Waals surface area contributed by atoms with Crippen molar-refractivity contribution in [2.24, 2.45) is 4.99 Å². The van der Waals surface area contributed by atoms with Crippen LogP contribution in [0.2, 0.25) is 0 Å². The quantitative estimate of drug-likeness (QED) is 0.102. The van der Waals surface area contributed by atoms with Gasteiger partial charge in [-0.05, 0) is 58.4 Å². The summed E-state index contributed by atoms with van der Waals surface area (Å²) in [7, 11) is 0. The Balaban J connectivity index is 2.05. The Morgan fingerprint density at radius 3 is 2.62 bits per heavy atom. The molecule has 0 atom stereocenters. The molecule has 3 aromatic heterocycles. The van der Waals surface area contributed by atoms with Gasteiger partial charge in [-0.15, -0.1) is 0 Å². The van der Waals surface area contributed by atoms with E-state index in [1.54, 1.807) is 31.3 Å². The van der Waals surface area contributed by atoms with E-state index in [-0.39, 0.29) is 58.2 Å². The molecule has 0 saturated heterocycles. The molecule has 0 spiro atoms. The summed E-state index contributed by atoms with van der Waals surface area (Å²) in [6, 6.07) is 10.5. The summed E-state index contributed by atoms with van der Waals surface area (Å²) in [6.07, 6.45) is 2.01. The lowest BCUT2D eigenvalue weighted by molar-refractivity contribution is -0.385. The van der Waals surface area contributed by atoms with Crippen LogP contribution in [0.5, 0.6) is 0 Å². The summed E-state index contributed by atoms with van der Waals surface area (Å²) in [5.74, 6) is -1.58. The fourth-order valence-corrected chi connectivity index (χ4v) is 4.32. The fraction of sp³-hybridized carbons (Fsp3) is 0.321. The van der Waals surface area contributed by atoms with Crippen LogP contribution in [0.4, 0.5) is 5.69 Å². The molecule has 0 aliphatic carbocycles. The van der Waals surface area contributed by atoms with Crippen LogP contribution in [0.15, 0.2) is 58.4 Å². The predicted octanol–water partition coefficient (Wildman–Crippen LogP) is 3.60. The monoisotopic (exact) mass is 547 g/mol. The van der Waals surface area contributed by atoms with Gasteiger partial charge >= 0.3 is 5.97 Å². The lowest BCUT2D eigenvalue weighted by Crippen LogP contribution is -2.33. The van der Waals surface area contributed by atoms with E-state index in [9.17, 15) is 24.5 Å². The molecule has 0 aliphatic heterocycles. The highest BCUT2D eigenvalue weighted by atomic mass is 16.6. The average molecular weight is 548 g/mol. The number of pyridine rings is 2.